The van der Waals surface area contributed by atoms with Crippen LogP contribution in [-0.4, -0.2) is 49.5 Å². The van der Waals surface area contributed by atoms with Gasteiger partial charge in [-0.15, -0.1) is 10.2 Å². The highest BCUT2D eigenvalue weighted by atomic mass is 19.1. The van der Waals surface area contributed by atoms with Gasteiger partial charge in [0.25, 0.3) is 0 Å². The van der Waals surface area contributed by atoms with Gasteiger partial charge in [0.2, 0.25) is 0 Å². The van der Waals surface area contributed by atoms with E-state index in [2.05, 4.69) is 20.2 Å². The molecule has 5 heterocycles. The summed E-state index contributed by atoms with van der Waals surface area (Å²) in [6, 6.07) is 6.52. The molecule has 3 aromatic heterocycles. The van der Waals surface area contributed by atoms with Gasteiger partial charge >= 0.3 is 6.09 Å². The number of ether oxygens (including phenoxy) is 3. The summed E-state index contributed by atoms with van der Waals surface area (Å²) in [5.41, 5.74) is 2.00. The standard InChI is InChI=1S/C26H25FN6O4/c1-14-28-8-7-19(30-14)16-9-21-24(33-13-29-31-23(16)33)32(25(34)37-26(2,3)4)10-17-18(27)5-6-20-22(17)15(11-35-20)12-36-21/h5-9,13,15H,10-12H2,1-4H3. The fourth-order valence-corrected chi connectivity index (χ4v) is 4.76. The van der Waals surface area contributed by atoms with Crippen LogP contribution in [0.4, 0.5) is 15.0 Å². The van der Waals surface area contributed by atoms with E-state index in [4.69, 9.17) is 14.2 Å². The molecule has 0 spiro atoms. The van der Waals surface area contributed by atoms with Crippen molar-refractivity contribution in [2.45, 2.75) is 45.8 Å². The minimum atomic E-state index is -0.788. The third-order valence-electron chi connectivity index (χ3n) is 6.30. The molecule has 2 aliphatic rings. The normalized spacial score (nSPS) is 16.7. The molecule has 0 saturated heterocycles. The third kappa shape index (κ3) is 4.00. The molecule has 190 valence electrons. The number of benzene rings is 1. The van der Waals surface area contributed by atoms with Crippen LogP contribution in [-0.2, 0) is 11.3 Å². The Balaban J connectivity index is 1.60. The maximum atomic E-state index is 15.3. The molecule has 0 fully saturated rings. The summed E-state index contributed by atoms with van der Waals surface area (Å²) in [5, 5.41) is 8.41. The predicted octanol–water partition coefficient (Wildman–Crippen LogP) is 4.44. The molecule has 1 aromatic carbocycles. The molecular formula is C26H25FN6O4. The lowest BCUT2D eigenvalue weighted by Gasteiger charge is -2.29. The van der Waals surface area contributed by atoms with Crippen molar-refractivity contribution in [1.29, 1.82) is 0 Å². The van der Waals surface area contributed by atoms with Crippen molar-refractivity contribution in [3.63, 3.8) is 0 Å². The molecular weight excluding hydrogens is 479 g/mol. The van der Waals surface area contributed by atoms with Gasteiger partial charge in [0.05, 0.1) is 31.4 Å². The largest absolute Gasteiger partial charge is 0.493 e. The van der Waals surface area contributed by atoms with E-state index in [0.717, 1.165) is 0 Å². The smallest absolute Gasteiger partial charge is 0.416 e. The second-order valence-corrected chi connectivity index (χ2v) is 10.1. The van der Waals surface area contributed by atoms with Crippen LogP contribution in [0.15, 0.2) is 36.8 Å². The first-order valence-corrected chi connectivity index (χ1v) is 11.9. The number of carbonyl (C=O) groups is 1. The summed E-state index contributed by atoms with van der Waals surface area (Å²) in [7, 11) is 0. The quantitative estimate of drug-likeness (QED) is 0.375. The predicted molar refractivity (Wildman–Crippen MR) is 131 cm³/mol. The Hall–Kier alpha value is -4.28. The number of fused-ring (bicyclic) bond motifs is 3. The number of anilines is 1. The van der Waals surface area contributed by atoms with E-state index >= 15 is 4.39 Å². The van der Waals surface area contributed by atoms with Gasteiger partial charge in [0.1, 0.15) is 29.3 Å². The second-order valence-electron chi connectivity index (χ2n) is 10.1. The number of pyridine rings is 1. The van der Waals surface area contributed by atoms with Crippen molar-refractivity contribution in [2.75, 3.05) is 18.1 Å². The molecule has 0 aliphatic carbocycles. The molecule has 11 heteroatoms. The zero-order valence-electron chi connectivity index (χ0n) is 20.9. The van der Waals surface area contributed by atoms with Gasteiger partial charge in [-0.05, 0) is 52.0 Å². The van der Waals surface area contributed by atoms with E-state index < -0.39 is 17.5 Å². The zero-order chi connectivity index (χ0) is 25.9. The lowest BCUT2D eigenvalue weighted by Crippen LogP contribution is -2.38. The number of hydrogen-bond donors (Lipinski definition) is 0. The van der Waals surface area contributed by atoms with Crippen molar-refractivity contribution in [1.82, 2.24) is 24.6 Å². The van der Waals surface area contributed by atoms with Gasteiger partial charge < -0.3 is 14.2 Å². The Labute approximate surface area is 212 Å². The molecule has 1 atom stereocenters. The monoisotopic (exact) mass is 504 g/mol. The van der Waals surface area contributed by atoms with E-state index in [1.54, 1.807) is 56.5 Å². The number of halogens is 1. The summed E-state index contributed by atoms with van der Waals surface area (Å²) in [5.74, 6) is 1.25. The third-order valence-corrected chi connectivity index (χ3v) is 6.30. The Morgan fingerprint density at radius 3 is 2.70 bits per heavy atom. The van der Waals surface area contributed by atoms with Crippen LogP contribution in [0, 0.1) is 12.7 Å². The molecule has 6 rings (SSSR count). The minimum Gasteiger partial charge on any atom is -0.493 e. The highest BCUT2D eigenvalue weighted by molar-refractivity contribution is 5.91. The molecule has 0 N–H and O–H groups in total. The number of aryl methyl sites for hydroxylation is 1. The maximum Gasteiger partial charge on any atom is 0.416 e. The van der Waals surface area contributed by atoms with Crippen molar-refractivity contribution >= 4 is 17.6 Å². The van der Waals surface area contributed by atoms with Crippen molar-refractivity contribution < 1.29 is 23.4 Å². The summed E-state index contributed by atoms with van der Waals surface area (Å²) in [6.07, 6.45) is 2.49. The minimum absolute atomic E-state index is 0.0978. The number of nitrogens with zero attached hydrogens (tertiary/aromatic N) is 6. The van der Waals surface area contributed by atoms with Crippen molar-refractivity contribution in [2.24, 2.45) is 0 Å². The molecule has 1 unspecified atom stereocenters. The van der Waals surface area contributed by atoms with Gasteiger partial charge in [-0.1, -0.05) is 0 Å². The van der Waals surface area contributed by atoms with Crippen LogP contribution in [0.25, 0.3) is 16.9 Å². The number of carbonyl (C=O) groups excluding carboxylic acids is 1. The molecule has 37 heavy (non-hydrogen) atoms. The lowest BCUT2D eigenvalue weighted by atomic mass is 9.95. The highest BCUT2D eigenvalue weighted by Crippen LogP contribution is 2.43. The summed E-state index contributed by atoms with van der Waals surface area (Å²) < 4.78 is 34.9. The van der Waals surface area contributed by atoms with Crippen LogP contribution in [0.1, 0.15) is 43.6 Å². The zero-order valence-corrected chi connectivity index (χ0v) is 20.9. The van der Waals surface area contributed by atoms with E-state index in [1.807, 2.05) is 0 Å². The van der Waals surface area contributed by atoms with Gasteiger partial charge in [-0.3, -0.25) is 9.30 Å². The Kier molecular flexibility index (Phi) is 5.25. The van der Waals surface area contributed by atoms with E-state index in [9.17, 15) is 4.79 Å². The van der Waals surface area contributed by atoms with E-state index in [1.165, 1.54) is 17.3 Å². The van der Waals surface area contributed by atoms with Crippen molar-refractivity contribution in [3.8, 4) is 22.8 Å². The molecule has 0 bridgehead atoms. The molecule has 1 amide bonds. The molecule has 4 aromatic rings. The molecule has 0 radical (unpaired) electrons. The first-order chi connectivity index (χ1) is 17.7. The SMILES string of the molecule is Cc1nccc(-c2cc3c(n4cnnc24)N(C(=O)OC(C)(C)C)Cc2c(F)ccc4c2C(CO4)CO3)n1. The maximum absolute atomic E-state index is 15.3. The van der Waals surface area contributed by atoms with E-state index in [-0.39, 0.29) is 19.1 Å². The Morgan fingerprint density at radius 2 is 1.95 bits per heavy atom. The van der Waals surface area contributed by atoms with Gasteiger partial charge in [0.15, 0.2) is 17.2 Å². The average Bonchev–Trinajstić information content (AvgIpc) is 3.48. The fourth-order valence-electron chi connectivity index (χ4n) is 4.76. The number of amides is 1. The molecule has 2 aliphatic heterocycles. The summed E-state index contributed by atoms with van der Waals surface area (Å²) in [4.78, 5) is 23.7. The number of hydrogen-bond acceptors (Lipinski definition) is 8. The van der Waals surface area contributed by atoms with Gasteiger partial charge in [0, 0.05) is 22.9 Å². The van der Waals surface area contributed by atoms with Crippen molar-refractivity contribution in [3.05, 3.63) is 59.6 Å². The van der Waals surface area contributed by atoms with Crippen LogP contribution < -0.4 is 14.4 Å². The number of rotatable bonds is 1. The summed E-state index contributed by atoms with van der Waals surface area (Å²) >= 11 is 0. The summed E-state index contributed by atoms with van der Waals surface area (Å²) in [6.45, 7) is 7.59. The Morgan fingerprint density at radius 1 is 1.16 bits per heavy atom. The van der Waals surface area contributed by atoms with Crippen LogP contribution in [0.3, 0.4) is 0 Å². The number of aromatic nitrogens is 5. The second kappa shape index (κ2) is 8.39. The van der Waals surface area contributed by atoms with E-state index in [0.29, 0.717) is 57.8 Å². The first-order valence-electron chi connectivity index (χ1n) is 11.9. The van der Waals surface area contributed by atoms with Gasteiger partial charge in [-0.2, -0.15) is 0 Å². The molecule has 10 nitrogen and oxygen atoms in total. The Bertz CT molecular complexity index is 1550. The first kappa shape index (κ1) is 23.1. The average molecular weight is 505 g/mol. The van der Waals surface area contributed by atoms with Crippen LogP contribution in [0.2, 0.25) is 0 Å². The lowest BCUT2D eigenvalue weighted by molar-refractivity contribution is 0.0574. The highest BCUT2D eigenvalue weighted by Gasteiger charge is 2.37. The van der Waals surface area contributed by atoms with Crippen LogP contribution in [0.5, 0.6) is 11.5 Å². The van der Waals surface area contributed by atoms with Crippen LogP contribution >= 0.6 is 0 Å². The topological polar surface area (TPSA) is 104 Å². The fraction of sp³-hybridized carbons (Fsp3) is 0.346. The molecule has 0 saturated carbocycles. The van der Waals surface area contributed by atoms with Gasteiger partial charge in [-0.25, -0.2) is 19.2 Å².